The Morgan fingerprint density at radius 1 is 1.67 bits per heavy atom. The highest BCUT2D eigenvalue weighted by atomic mass is 31.2. The van der Waals surface area contributed by atoms with Gasteiger partial charge in [-0.25, -0.2) is 4.57 Å². The van der Waals surface area contributed by atoms with Crippen molar-refractivity contribution in [3.8, 4) is 0 Å². The lowest BCUT2D eigenvalue weighted by Crippen LogP contribution is -2.00. The fourth-order valence-electron chi connectivity index (χ4n) is 0.866. The Bertz CT molecular complexity index is 182. The number of phosphoric acid groups is 1. The number of phosphoric ester groups is 1. The SMILES string of the molecule is CCCCOP1(=O)OCC(C)O1. The zero-order chi connectivity index (χ0) is 9.03. The van der Waals surface area contributed by atoms with Crippen LogP contribution in [0, 0.1) is 0 Å². The van der Waals surface area contributed by atoms with Gasteiger partial charge < -0.3 is 0 Å². The van der Waals surface area contributed by atoms with Gasteiger partial charge in [0.1, 0.15) is 0 Å². The molecule has 1 rings (SSSR count). The molecule has 0 spiro atoms. The first-order valence-electron chi connectivity index (χ1n) is 4.24. The predicted molar refractivity (Wildman–Crippen MR) is 45.0 cm³/mol. The maximum atomic E-state index is 11.4. The first-order valence-corrected chi connectivity index (χ1v) is 5.70. The summed E-state index contributed by atoms with van der Waals surface area (Å²) in [6.45, 7) is 4.66. The lowest BCUT2D eigenvalue weighted by molar-refractivity contribution is 0.176. The standard InChI is InChI=1S/C7H15O4P/c1-3-4-5-9-12(8)10-6-7(2)11-12/h7H,3-6H2,1-2H3. The Balaban J connectivity index is 2.26. The third-order valence-electron chi connectivity index (χ3n) is 1.52. The van der Waals surface area contributed by atoms with Gasteiger partial charge in [0.2, 0.25) is 0 Å². The average molecular weight is 194 g/mol. The van der Waals surface area contributed by atoms with Crippen LogP contribution in [0.5, 0.6) is 0 Å². The van der Waals surface area contributed by atoms with E-state index in [0.29, 0.717) is 13.2 Å². The summed E-state index contributed by atoms with van der Waals surface area (Å²) in [4.78, 5) is 0. The highest BCUT2D eigenvalue weighted by molar-refractivity contribution is 7.48. The summed E-state index contributed by atoms with van der Waals surface area (Å²) in [5.41, 5.74) is 0. The largest absolute Gasteiger partial charge is 0.475 e. The molecule has 0 amide bonds. The van der Waals surface area contributed by atoms with E-state index in [1.165, 1.54) is 0 Å². The molecule has 1 aliphatic heterocycles. The van der Waals surface area contributed by atoms with Gasteiger partial charge in [-0.15, -0.1) is 0 Å². The summed E-state index contributed by atoms with van der Waals surface area (Å²) in [6, 6.07) is 0. The van der Waals surface area contributed by atoms with E-state index in [9.17, 15) is 4.57 Å². The molecule has 5 heteroatoms. The molecule has 72 valence electrons. The van der Waals surface area contributed by atoms with Gasteiger partial charge in [-0.05, 0) is 13.3 Å². The molecule has 0 saturated carbocycles. The first-order chi connectivity index (χ1) is 5.66. The number of rotatable bonds is 4. The van der Waals surface area contributed by atoms with Gasteiger partial charge in [0, 0.05) is 0 Å². The van der Waals surface area contributed by atoms with E-state index in [1.54, 1.807) is 0 Å². The van der Waals surface area contributed by atoms with E-state index in [1.807, 2.05) is 13.8 Å². The summed E-state index contributed by atoms with van der Waals surface area (Å²) in [6.07, 6.45) is 1.78. The molecule has 1 aliphatic rings. The van der Waals surface area contributed by atoms with Crippen molar-refractivity contribution in [3.05, 3.63) is 0 Å². The van der Waals surface area contributed by atoms with Crippen LogP contribution in [0.2, 0.25) is 0 Å². The summed E-state index contributed by atoms with van der Waals surface area (Å²) < 4.78 is 26.4. The van der Waals surface area contributed by atoms with Gasteiger partial charge in [-0.2, -0.15) is 0 Å². The van der Waals surface area contributed by atoms with Crippen molar-refractivity contribution in [3.63, 3.8) is 0 Å². The van der Waals surface area contributed by atoms with Gasteiger partial charge in [0.15, 0.2) is 0 Å². The van der Waals surface area contributed by atoms with E-state index >= 15 is 0 Å². The minimum atomic E-state index is -3.16. The van der Waals surface area contributed by atoms with Crippen LogP contribution in [0.3, 0.4) is 0 Å². The van der Waals surface area contributed by atoms with Crippen LogP contribution in [-0.4, -0.2) is 19.3 Å². The molecule has 12 heavy (non-hydrogen) atoms. The highest BCUT2D eigenvalue weighted by Crippen LogP contribution is 2.54. The van der Waals surface area contributed by atoms with Crippen LogP contribution in [0.4, 0.5) is 0 Å². The van der Waals surface area contributed by atoms with E-state index in [0.717, 1.165) is 12.8 Å². The molecule has 0 aliphatic carbocycles. The topological polar surface area (TPSA) is 44.8 Å². The smallest absolute Gasteiger partial charge is 0.287 e. The maximum absolute atomic E-state index is 11.4. The van der Waals surface area contributed by atoms with Crippen molar-refractivity contribution in [2.24, 2.45) is 0 Å². The van der Waals surface area contributed by atoms with E-state index in [4.69, 9.17) is 13.6 Å². The van der Waals surface area contributed by atoms with Crippen LogP contribution in [0.15, 0.2) is 0 Å². The van der Waals surface area contributed by atoms with Crippen molar-refractivity contribution in [1.29, 1.82) is 0 Å². The average Bonchev–Trinajstić information content (AvgIpc) is 2.32. The molecular formula is C7H15O4P. The van der Waals surface area contributed by atoms with Crippen LogP contribution in [0.1, 0.15) is 26.7 Å². The van der Waals surface area contributed by atoms with Crippen LogP contribution >= 0.6 is 7.82 Å². The van der Waals surface area contributed by atoms with Crippen LogP contribution in [-0.2, 0) is 18.1 Å². The van der Waals surface area contributed by atoms with Gasteiger partial charge in [-0.1, -0.05) is 13.3 Å². The maximum Gasteiger partial charge on any atom is 0.475 e. The van der Waals surface area contributed by atoms with E-state index < -0.39 is 7.82 Å². The molecule has 1 fully saturated rings. The Hall–Kier alpha value is 0.110. The van der Waals surface area contributed by atoms with E-state index in [-0.39, 0.29) is 6.10 Å². The molecule has 0 aromatic heterocycles. The Labute approximate surface area is 72.8 Å². The quantitative estimate of drug-likeness (QED) is 0.509. The third-order valence-corrected chi connectivity index (χ3v) is 3.11. The van der Waals surface area contributed by atoms with Gasteiger partial charge in [-0.3, -0.25) is 13.6 Å². The molecule has 0 bridgehead atoms. The van der Waals surface area contributed by atoms with Gasteiger partial charge in [0.25, 0.3) is 0 Å². The fraction of sp³-hybridized carbons (Fsp3) is 1.00. The summed E-state index contributed by atoms with van der Waals surface area (Å²) in [7, 11) is -3.16. The molecule has 4 nitrogen and oxygen atoms in total. The van der Waals surface area contributed by atoms with Gasteiger partial charge in [0.05, 0.1) is 19.3 Å². The predicted octanol–water partition coefficient (Wildman–Crippen LogP) is 2.35. The molecule has 1 saturated heterocycles. The van der Waals surface area contributed by atoms with Crippen molar-refractivity contribution in [2.45, 2.75) is 32.8 Å². The summed E-state index contributed by atoms with van der Waals surface area (Å²) in [5.74, 6) is 0. The Morgan fingerprint density at radius 3 is 2.92 bits per heavy atom. The normalized spacial score (nSPS) is 35.7. The summed E-state index contributed by atoms with van der Waals surface area (Å²) >= 11 is 0. The molecule has 0 aromatic carbocycles. The van der Waals surface area contributed by atoms with E-state index in [2.05, 4.69) is 0 Å². The zero-order valence-corrected chi connectivity index (χ0v) is 8.38. The molecule has 2 atom stereocenters. The third kappa shape index (κ3) is 2.87. The van der Waals surface area contributed by atoms with Crippen LogP contribution in [0.25, 0.3) is 0 Å². The van der Waals surface area contributed by atoms with Crippen LogP contribution < -0.4 is 0 Å². The summed E-state index contributed by atoms with van der Waals surface area (Å²) in [5, 5.41) is 0. The molecule has 0 N–H and O–H groups in total. The van der Waals surface area contributed by atoms with Crippen molar-refractivity contribution >= 4 is 7.82 Å². The fourth-order valence-corrected chi connectivity index (χ4v) is 2.31. The monoisotopic (exact) mass is 194 g/mol. The van der Waals surface area contributed by atoms with Crippen molar-refractivity contribution in [1.82, 2.24) is 0 Å². The molecular weight excluding hydrogens is 179 g/mol. The highest BCUT2D eigenvalue weighted by Gasteiger charge is 2.36. The first kappa shape index (κ1) is 10.2. The number of hydrogen-bond acceptors (Lipinski definition) is 4. The lowest BCUT2D eigenvalue weighted by Gasteiger charge is -2.09. The van der Waals surface area contributed by atoms with Gasteiger partial charge >= 0.3 is 7.82 Å². The molecule has 2 unspecified atom stereocenters. The second-order valence-corrected chi connectivity index (χ2v) is 4.47. The Kier molecular flexibility index (Phi) is 3.72. The second kappa shape index (κ2) is 4.38. The number of unbranched alkanes of at least 4 members (excludes halogenated alkanes) is 1. The second-order valence-electron chi connectivity index (χ2n) is 2.85. The van der Waals surface area contributed by atoms with Crippen molar-refractivity contribution in [2.75, 3.05) is 13.2 Å². The van der Waals surface area contributed by atoms with Crippen molar-refractivity contribution < 1.29 is 18.1 Å². The Morgan fingerprint density at radius 2 is 2.42 bits per heavy atom. The minimum Gasteiger partial charge on any atom is -0.287 e. The minimum absolute atomic E-state index is 0.113. The zero-order valence-electron chi connectivity index (χ0n) is 7.49. The number of hydrogen-bond donors (Lipinski definition) is 0. The lowest BCUT2D eigenvalue weighted by atomic mass is 10.4. The molecule has 0 aromatic rings. The molecule has 0 radical (unpaired) electrons. The molecule has 1 heterocycles.